The van der Waals surface area contributed by atoms with Gasteiger partial charge in [0.05, 0.1) is 5.41 Å². The Morgan fingerprint density at radius 3 is 2.53 bits per heavy atom. The van der Waals surface area contributed by atoms with Crippen LogP contribution >= 0.6 is 0 Å². The standard InChI is InChI=1S/C13H20O2/c14-12(15)13(6-5-9-1-2-9)8-10-3-4-11(13)7-10/h9-11H,1-8H2,(H,14,15). The Bertz CT molecular complexity index is 282. The highest BCUT2D eigenvalue weighted by molar-refractivity contribution is 5.75. The Kier molecular flexibility index (Phi) is 2.08. The molecule has 0 spiro atoms. The lowest BCUT2D eigenvalue weighted by Gasteiger charge is -2.33. The zero-order valence-corrected chi connectivity index (χ0v) is 9.24. The number of aliphatic carboxylic acids is 1. The van der Waals surface area contributed by atoms with Crippen LogP contribution in [-0.4, -0.2) is 11.1 Å². The van der Waals surface area contributed by atoms with Crippen LogP contribution in [0.15, 0.2) is 0 Å². The number of rotatable bonds is 4. The van der Waals surface area contributed by atoms with E-state index in [2.05, 4.69) is 0 Å². The summed E-state index contributed by atoms with van der Waals surface area (Å²) in [5.41, 5.74) is -0.300. The number of carbonyl (C=O) groups is 1. The van der Waals surface area contributed by atoms with Crippen molar-refractivity contribution in [3.63, 3.8) is 0 Å². The molecular formula is C13H20O2. The number of fused-ring (bicyclic) bond motifs is 2. The maximum Gasteiger partial charge on any atom is 0.309 e. The van der Waals surface area contributed by atoms with Crippen LogP contribution in [0.2, 0.25) is 0 Å². The maximum absolute atomic E-state index is 11.5. The fourth-order valence-electron chi connectivity index (χ4n) is 3.99. The van der Waals surface area contributed by atoms with E-state index in [-0.39, 0.29) is 5.41 Å². The van der Waals surface area contributed by atoms with Gasteiger partial charge in [0.2, 0.25) is 0 Å². The topological polar surface area (TPSA) is 37.3 Å². The fourth-order valence-corrected chi connectivity index (χ4v) is 3.99. The lowest BCUT2D eigenvalue weighted by Crippen LogP contribution is -2.36. The predicted octanol–water partition coefficient (Wildman–Crippen LogP) is 3.07. The van der Waals surface area contributed by atoms with E-state index >= 15 is 0 Å². The van der Waals surface area contributed by atoms with Crippen LogP contribution < -0.4 is 0 Å². The van der Waals surface area contributed by atoms with Crippen LogP contribution in [0.5, 0.6) is 0 Å². The molecular weight excluding hydrogens is 188 g/mol. The summed E-state index contributed by atoms with van der Waals surface area (Å²) in [5.74, 6) is 1.64. The molecule has 1 N–H and O–H groups in total. The Labute approximate surface area is 91.1 Å². The average Bonchev–Trinajstić information content (AvgIpc) is 2.83. The van der Waals surface area contributed by atoms with Gasteiger partial charge in [-0.3, -0.25) is 4.79 Å². The Morgan fingerprint density at radius 1 is 1.27 bits per heavy atom. The van der Waals surface area contributed by atoms with Crippen molar-refractivity contribution < 1.29 is 9.90 Å². The van der Waals surface area contributed by atoms with Crippen molar-refractivity contribution in [2.45, 2.75) is 51.4 Å². The van der Waals surface area contributed by atoms with E-state index in [1.54, 1.807) is 0 Å². The summed E-state index contributed by atoms with van der Waals surface area (Å²) in [6.45, 7) is 0. The highest BCUT2D eigenvalue weighted by Gasteiger charge is 2.55. The molecule has 3 rings (SSSR count). The van der Waals surface area contributed by atoms with Crippen LogP contribution in [0.4, 0.5) is 0 Å². The summed E-state index contributed by atoms with van der Waals surface area (Å²) in [4.78, 5) is 11.5. The van der Waals surface area contributed by atoms with Crippen molar-refractivity contribution in [3.05, 3.63) is 0 Å². The predicted molar refractivity (Wildman–Crippen MR) is 57.5 cm³/mol. The molecule has 15 heavy (non-hydrogen) atoms. The minimum absolute atomic E-state index is 0.300. The third kappa shape index (κ3) is 1.49. The molecule has 3 fully saturated rings. The minimum Gasteiger partial charge on any atom is -0.481 e. The van der Waals surface area contributed by atoms with E-state index in [9.17, 15) is 9.90 Å². The smallest absolute Gasteiger partial charge is 0.309 e. The van der Waals surface area contributed by atoms with Crippen LogP contribution in [0.3, 0.4) is 0 Å². The third-order valence-corrected chi connectivity index (χ3v) is 5.10. The van der Waals surface area contributed by atoms with E-state index in [1.807, 2.05) is 0 Å². The number of hydrogen-bond donors (Lipinski definition) is 1. The first-order chi connectivity index (χ1) is 7.21. The first-order valence-electron chi connectivity index (χ1n) is 6.44. The molecule has 0 radical (unpaired) electrons. The molecule has 3 saturated carbocycles. The van der Waals surface area contributed by atoms with Gasteiger partial charge in [0.15, 0.2) is 0 Å². The van der Waals surface area contributed by atoms with Gasteiger partial charge >= 0.3 is 5.97 Å². The van der Waals surface area contributed by atoms with Gasteiger partial charge in [-0.1, -0.05) is 19.3 Å². The average molecular weight is 208 g/mol. The van der Waals surface area contributed by atoms with E-state index in [1.165, 1.54) is 38.5 Å². The van der Waals surface area contributed by atoms with E-state index < -0.39 is 5.97 Å². The van der Waals surface area contributed by atoms with Gasteiger partial charge < -0.3 is 5.11 Å². The third-order valence-electron chi connectivity index (χ3n) is 5.10. The molecule has 3 aliphatic carbocycles. The number of carboxylic acids is 1. The number of carboxylic acid groups (broad SMARTS) is 1. The van der Waals surface area contributed by atoms with E-state index in [4.69, 9.17) is 0 Å². The molecule has 3 aliphatic rings. The molecule has 0 aromatic carbocycles. The first kappa shape index (κ1) is 9.68. The van der Waals surface area contributed by atoms with Gasteiger partial charge in [0.25, 0.3) is 0 Å². The quantitative estimate of drug-likeness (QED) is 0.771. The molecule has 0 amide bonds. The lowest BCUT2D eigenvalue weighted by atomic mass is 9.70. The molecule has 3 unspecified atom stereocenters. The summed E-state index contributed by atoms with van der Waals surface area (Å²) in [6, 6.07) is 0. The largest absolute Gasteiger partial charge is 0.481 e. The molecule has 84 valence electrons. The summed E-state index contributed by atoms with van der Waals surface area (Å²) in [7, 11) is 0. The number of hydrogen-bond acceptors (Lipinski definition) is 1. The molecule has 0 saturated heterocycles. The van der Waals surface area contributed by atoms with Crippen molar-refractivity contribution in [2.75, 3.05) is 0 Å². The van der Waals surface area contributed by atoms with Crippen molar-refractivity contribution in [1.82, 2.24) is 0 Å². The summed E-state index contributed by atoms with van der Waals surface area (Å²) in [6.07, 6.45) is 9.51. The van der Waals surface area contributed by atoms with Crippen molar-refractivity contribution in [3.8, 4) is 0 Å². The summed E-state index contributed by atoms with van der Waals surface area (Å²) in [5, 5.41) is 9.52. The zero-order chi connectivity index (χ0) is 10.5. The normalized spacial score (nSPS) is 43.5. The summed E-state index contributed by atoms with van der Waals surface area (Å²) >= 11 is 0. The SMILES string of the molecule is O=C(O)C1(CCC2CC2)CC2CCC1C2. The van der Waals surface area contributed by atoms with Crippen molar-refractivity contribution in [1.29, 1.82) is 0 Å². The van der Waals surface area contributed by atoms with Crippen LogP contribution in [0.25, 0.3) is 0 Å². The second-order valence-corrected chi connectivity index (χ2v) is 6.02. The van der Waals surface area contributed by atoms with Crippen molar-refractivity contribution in [2.24, 2.45) is 23.2 Å². The molecule has 0 heterocycles. The molecule has 0 aliphatic heterocycles. The van der Waals surface area contributed by atoms with Crippen LogP contribution in [0, 0.1) is 23.2 Å². The Morgan fingerprint density at radius 2 is 2.07 bits per heavy atom. The van der Waals surface area contributed by atoms with Crippen LogP contribution in [-0.2, 0) is 4.79 Å². The molecule has 2 nitrogen and oxygen atoms in total. The van der Waals surface area contributed by atoms with Crippen LogP contribution in [0.1, 0.15) is 51.4 Å². The molecule has 0 aromatic rings. The van der Waals surface area contributed by atoms with Gasteiger partial charge in [-0.2, -0.15) is 0 Å². The van der Waals surface area contributed by atoms with E-state index in [0.29, 0.717) is 5.92 Å². The molecule has 2 bridgehead atoms. The lowest BCUT2D eigenvalue weighted by molar-refractivity contribution is -0.153. The van der Waals surface area contributed by atoms with Gasteiger partial charge in [-0.25, -0.2) is 0 Å². The maximum atomic E-state index is 11.5. The Balaban J connectivity index is 1.73. The Hall–Kier alpha value is -0.530. The van der Waals surface area contributed by atoms with Gasteiger partial charge in [0.1, 0.15) is 0 Å². The monoisotopic (exact) mass is 208 g/mol. The summed E-state index contributed by atoms with van der Waals surface area (Å²) < 4.78 is 0. The first-order valence-corrected chi connectivity index (χ1v) is 6.44. The molecule has 2 heteroatoms. The highest BCUT2D eigenvalue weighted by atomic mass is 16.4. The minimum atomic E-state index is -0.490. The second kappa shape index (κ2) is 3.23. The van der Waals surface area contributed by atoms with Gasteiger partial charge in [0, 0.05) is 0 Å². The van der Waals surface area contributed by atoms with Gasteiger partial charge in [-0.05, 0) is 49.9 Å². The van der Waals surface area contributed by atoms with Gasteiger partial charge in [-0.15, -0.1) is 0 Å². The van der Waals surface area contributed by atoms with Crippen molar-refractivity contribution >= 4 is 5.97 Å². The highest BCUT2D eigenvalue weighted by Crippen LogP contribution is 2.59. The van der Waals surface area contributed by atoms with E-state index in [0.717, 1.165) is 24.7 Å². The zero-order valence-electron chi connectivity index (χ0n) is 9.24. The second-order valence-electron chi connectivity index (χ2n) is 6.02. The fraction of sp³-hybridized carbons (Fsp3) is 0.923. The molecule has 3 atom stereocenters. The molecule has 0 aromatic heterocycles.